The van der Waals surface area contributed by atoms with Crippen molar-refractivity contribution >= 4 is 29.1 Å². The lowest BCUT2D eigenvalue weighted by Crippen LogP contribution is -2.29. The number of amides is 1. The third-order valence-corrected chi connectivity index (χ3v) is 3.21. The molecule has 19 heavy (non-hydrogen) atoms. The smallest absolute Gasteiger partial charge is 0.257 e. The van der Waals surface area contributed by atoms with Gasteiger partial charge < -0.3 is 10.1 Å². The van der Waals surface area contributed by atoms with Crippen molar-refractivity contribution in [2.75, 3.05) is 13.2 Å². The van der Waals surface area contributed by atoms with Crippen LogP contribution in [-0.2, 0) is 4.79 Å². The Labute approximate surface area is 124 Å². The van der Waals surface area contributed by atoms with Crippen LogP contribution in [0.4, 0.5) is 0 Å². The normalized spacial score (nSPS) is 10.3. The first kappa shape index (κ1) is 16.1. The van der Waals surface area contributed by atoms with Crippen LogP contribution in [0, 0.1) is 0 Å². The third kappa shape index (κ3) is 6.17. The van der Waals surface area contributed by atoms with Crippen molar-refractivity contribution in [3.05, 3.63) is 28.2 Å². The summed E-state index contributed by atoms with van der Waals surface area (Å²) in [5.74, 6) is 0.194. The van der Waals surface area contributed by atoms with Gasteiger partial charge in [-0.1, -0.05) is 55.5 Å². The van der Waals surface area contributed by atoms with Crippen molar-refractivity contribution in [3.8, 4) is 5.75 Å². The first-order chi connectivity index (χ1) is 9.15. The Morgan fingerprint density at radius 3 is 2.53 bits per heavy atom. The van der Waals surface area contributed by atoms with Crippen LogP contribution in [0.25, 0.3) is 0 Å². The van der Waals surface area contributed by atoms with Gasteiger partial charge in [0.25, 0.3) is 5.91 Å². The van der Waals surface area contributed by atoms with Crippen molar-refractivity contribution in [1.82, 2.24) is 5.32 Å². The highest BCUT2D eigenvalue weighted by atomic mass is 35.5. The minimum Gasteiger partial charge on any atom is -0.481 e. The Morgan fingerprint density at radius 1 is 1.21 bits per heavy atom. The van der Waals surface area contributed by atoms with E-state index in [1.54, 1.807) is 18.2 Å². The molecule has 0 radical (unpaired) electrons. The number of halogens is 2. The van der Waals surface area contributed by atoms with E-state index in [-0.39, 0.29) is 12.5 Å². The van der Waals surface area contributed by atoms with E-state index in [0.717, 1.165) is 12.8 Å². The number of para-hydroxylation sites is 1. The van der Waals surface area contributed by atoms with Gasteiger partial charge in [0.15, 0.2) is 12.4 Å². The summed E-state index contributed by atoms with van der Waals surface area (Å²) in [6.45, 7) is 2.76. The van der Waals surface area contributed by atoms with Gasteiger partial charge in [-0.25, -0.2) is 0 Å². The fraction of sp³-hybridized carbons (Fsp3) is 0.500. The Hall–Kier alpha value is -0.930. The topological polar surface area (TPSA) is 38.3 Å². The van der Waals surface area contributed by atoms with E-state index in [9.17, 15) is 4.79 Å². The minimum absolute atomic E-state index is 0.0722. The molecule has 0 unspecified atom stereocenters. The molecule has 3 nitrogen and oxygen atoms in total. The highest BCUT2D eigenvalue weighted by molar-refractivity contribution is 6.37. The van der Waals surface area contributed by atoms with Gasteiger partial charge in [0, 0.05) is 6.54 Å². The van der Waals surface area contributed by atoms with Crippen LogP contribution in [0.2, 0.25) is 10.0 Å². The molecule has 1 aromatic rings. The molecule has 5 heteroatoms. The monoisotopic (exact) mass is 303 g/mol. The standard InChI is InChI=1S/C14H19Cl2NO2/c1-2-3-4-5-9-17-13(18)10-19-14-11(15)7-6-8-12(14)16/h6-8H,2-5,9-10H2,1H3,(H,17,18). The number of hydrogen-bond acceptors (Lipinski definition) is 2. The molecule has 1 N–H and O–H groups in total. The molecule has 106 valence electrons. The molecule has 1 amide bonds. The molecule has 0 aromatic heterocycles. The third-order valence-electron chi connectivity index (χ3n) is 2.62. The Balaban J connectivity index is 2.26. The molecule has 0 atom stereocenters. The molecule has 1 aromatic carbocycles. The van der Waals surface area contributed by atoms with Crippen LogP contribution in [0.3, 0.4) is 0 Å². The molecule has 0 spiro atoms. The van der Waals surface area contributed by atoms with E-state index in [4.69, 9.17) is 27.9 Å². The predicted molar refractivity (Wildman–Crippen MR) is 79.1 cm³/mol. The zero-order valence-corrected chi connectivity index (χ0v) is 12.6. The van der Waals surface area contributed by atoms with Crippen molar-refractivity contribution in [2.24, 2.45) is 0 Å². The fourth-order valence-electron chi connectivity index (χ4n) is 1.59. The number of carbonyl (C=O) groups is 1. The maximum absolute atomic E-state index is 11.5. The highest BCUT2D eigenvalue weighted by Gasteiger charge is 2.08. The number of carbonyl (C=O) groups excluding carboxylic acids is 1. The van der Waals surface area contributed by atoms with Crippen LogP contribution in [0.15, 0.2) is 18.2 Å². The minimum atomic E-state index is -0.160. The van der Waals surface area contributed by atoms with Gasteiger partial charge in [-0.2, -0.15) is 0 Å². The van der Waals surface area contributed by atoms with E-state index in [1.807, 2.05) is 0 Å². The molecule has 0 aliphatic carbocycles. The average molecular weight is 304 g/mol. The van der Waals surface area contributed by atoms with Crippen molar-refractivity contribution in [1.29, 1.82) is 0 Å². The van der Waals surface area contributed by atoms with E-state index >= 15 is 0 Å². The summed E-state index contributed by atoms with van der Waals surface area (Å²) in [4.78, 5) is 11.5. The zero-order chi connectivity index (χ0) is 14.1. The van der Waals surface area contributed by atoms with Gasteiger partial charge in [0.1, 0.15) is 0 Å². The quantitative estimate of drug-likeness (QED) is 0.735. The lowest BCUT2D eigenvalue weighted by atomic mass is 10.2. The highest BCUT2D eigenvalue weighted by Crippen LogP contribution is 2.32. The number of ether oxygens (including phenoxy) is 1. The second-order valence-electron chi connectivity index (χ2n) is 4.25. The van der Waals surface area contributed by atoms with Gasteiger partial charge in [-0.15, -0.1) is 0 Å². The molecular formula is C14H19Cl2NO2. The Bertz CT molecular complexity index is 390. The lowest BCUT2D eigenvalue weighted by Gasteiger charge is -2.10. The second kappa shape index (κ2) is 9.05. The van der Waals surface area contributed by atoms with Gasteiger partial charge in [0.05, 0.1) is 10.0 Å². The Kier molecular flexibility index (Phi) is 7.68. The molecular weight excluding hydrogens is 285 g/mol. The lowest BCUT2D eigenvalue weighted by molar-refractivity contribution is -0.123. The maximum atomic E-state index is 11.5. The predicted octanol–water partition coefficient (Wildman–Crippen LogP) is 4.07. The van der Waals surface area contributed by atoms with Gasteiger partial charge in [-0.3, -0.25) is 4.79 Å². The van der Waals surface area contributed by atoms with Gasteiger partial charge in [0.2, 0.25) is 0 Å². The number of hydrogen-bond donors (Lipinski definition) is 1. The fourth-order valence-corrected chi connectivity index (χ4v) is 2.10. The van der Waals surface area contributed by atoms with Crippen molar-refractivity contribution in [2.45, 2.75) is 32.6 Å². The molecule has 0 saturated heterocycles. The summed E-state index contributed by atoms with van der Waals surface area (Å²) in [6.07, 6.45) is 4.50. The summed E-state index contributed by atoms with van der Waals surface area (Å²) >= 11 is 11.9. The maximum Gasteiger partial charge on any atom is 0.257 e. The first-order valence-electron chi connectivity index (χ1n) is 6.48. The molecule has 0 fully saturated rings. The zero-order valence-electron chi connectivity index (χ0n) is 11.0. The number of nitrogens with one attached hydrogen (secondary N) is 1. The molecule has 0 heterocycles. The van der Waals surface area contributed by atoms with Crippen LogP contribution in [-0.4, -0.2) is 19.1 Å². The summed E-state index contributed by atoms with van der Waals surface area (Å²) < 4.78 is 5.33. The summed E-state index contributed by atoms with van der Waals surface area (Å²) in [6, 6.07) is 5.07. The SMILES string of the molecule is CCCCCCNC(=O)COc1c(Cl)cccc1Cl. The summed E-state index contributed by atoms with van der Waals surface area (Å²) in [5.41, 5.74) is 0. The number of unbranched alkanes of at least 4 members (excludes halogenated alkanes) is 3. The Morgan fingerprint density at radius 2 is 1.89 bits per heavy atom. The molecule has 1 rings (SSSR count). The largest absolute Gasteiger partial charge is 0.481 e. The van der Waals surface area contributed by atoms with E-state index in [2.05, 4.69) is 12.2 Å². The van der Waals surface area contributed by atoms with Crippen LogP contribution in [0.1, 0.15) is 32.6 Å². The molecule has 0 aliphatic heterocycles. The van der Waals surface area contributed by atoms with E-state index < -0.39 is 0 Å². The van der Waals surface area contributed by atoms with Gasteiger partial charge >= 0.3 is 0 Å². The summed E-state index contributed by atoms with van der Waals surface area (Å²) in [7, 11) is 0. The van der Waals surface area contributed by atoms with Crippen molar-refractivity contribution < 1.29 is 9.53 Å². The molecule has 0 saturated carbocycles. The number of benzene rings is 1. The van der Waals surface area contributed by atoms with E-state index in [1.165, 1.54) is 12.8 Å². The second-order valence-corrected chi connectivity index (χ2v) is 5.06. The van der Waals surface area contributed by atoms with E-state index in [0.29, 0.717) is 22.3 Å². The molecule has 0 bridgehead atoms. The molecule has 0 aliphatic rings. The first-order valence-corrected chi connectivity index (χ1v) is 7.24. The van der Waals surface area contributed by atoms with Crippen LogP contribution >= 0.6 is 23.2 Å². The van der Waals surface area contributed by atoms with Gasteiger partial charge in [-0.05, 0) is 18.6 Å². The summed E-state index contributed by atoms with van der Waals surface area (Å²) in [5, 5.41) is 3.61. The van der Waals surface area contributed by atoms with Crippen LogP contribution < -0.4 is 10.1 Å². The average Bonchev–Trinajstić information content (AvgIpc) is 2.38. The van der Waals surface area contributed by atoms with Crippen LogP contribution in [0.5, 0.6) is 5.75 Å². The van der Waals surface area contributed by atoms with Crippen molar-refractivity contribution in [3.63, 3.8) is 0 Å². The number of rotatable bonds is 8.